The first-order valence-electron chi connectivity index (χ1n) is 7.55. The van der Waals surface area contributed by atoms with Crippen LogP contribution in [0.3, 0.4) is 0 Å². The van der Waals surface area contributed by atoms with Gasteiger partial charge in [0.1, 0.15) is 0 Å². The van der Waals surface area contributed by atoms with Crippen LogP contribution < -0.4 is 10.1 Å². The predicted molar refractivity (Wildman–Crippen MR) is 79.8 cm³/mol. The monoisotopic (exact) mass is 307 g/mol. The highest BCUT2D eigenvalue weighted by Crippen LogP contribution is 2.25. The second kappa shape index (κ2) is 6.93. The van der Waals surface area contributed by atoms with Gasteiger partial charge in [-0.15, -0.1) is 0 Å². The highest BCUT2D eigenvalue weighted by Gasteiger charge is 2.32. The van der Waals surface area contributed by atoms with Gasteiger partial charge in [-0.1, -0.05) is 0 Å². The summed E-state index contributed by atoms with van der Waals surface area (Å²) in [5, 5.41) is 2.86. The van der Waals surface area contributed by atoms with Gasteiger partial charge in [-0.05, 0) is 18.9 Å². The van der Waals surface area contributed by atoms with Crippen LogP contribution in [0.15, 0.2) is 18.3 Å². The molecule has 0 aromatic carbocycles. The molecule has 1 aromatic heterocycles. The maximum Gasteiger partial charge on any atom is 0.321 e. The standard InChI is InChI=1S/C15H21N3O4/c1-20-13-5-4-12(9-16-13)17-15(19)18-6-2-3-11(10-18)14-21-7-8-22-14/h4-5,9,11,14H,2-3,6-8,10H2,1H3,(H,17,19). The molecule has 2 amide bonds. The van der Waals surface area contributed by atoms with Crippen molar-refractivity contribution >= 4 is 11.7 Å². The number of carbonyl (C=O) groups excluding carboxylic acids is 1. The molecule has 22 heavy (non-hydrogen) atoms. The zero-order valence-corrected chi connectivity index (χ0v) is 12.7. The van der Waals surface area contributed by atoms with Crippen LogP contribution in [0.5, 0.6) is 5.88 Å². The average molecular weight is 307 g/mol. The maximum atomic E-state index is 12.4. The van der Waals surface area contributed by atoms with E-state index in [1.807, 2.05) is 4.90 Å². The lowest BCUT2D eigenvalue weighted by Gasteiger charge is -2.34. The van der Waals surface area contributed by atoms with Gasteiger partial charge in [0.25, 0.3) is 0 Å². The minimum Gasteiger partial charge on any atom is -0.481 e. The third-order valence-corrected chi connectivity index (χ3v) is 3.97. The summed E-state index contributed by atoms with van der Waals surface area (Å²) in [4.78, 5) is 18.2. The second-order valence-electron chi connectivity index (χ2n) is 5.48. The number of piperidine rings is 1. The van der Waals surface area contributed by atoms with Crippen LogP contribution in [0.2, 0.25) is 0 Å². The van der Waals surface area contributed by atoms with E-state index in [-0.39, 0.29) is 18.2 Å². The summed E-state index contributed by atoms with van der Waals surface area (Å²) in [6.45, 7) is 2.69. The Hall–Kier alpha value is -1.86. The number of carbonyl (C=O) groups is 1. The summed E-state index contributed by atoms with van der Waals surface area (Å²) in [6.07, 6.45) is 3.40. The van der Waals surface area contributed by atoms with E-state index in [1.165, 1.54) is 0 Å². The number of amides is 2. The molecule has 2 fully saturated rings. The number of hydrogen-bond acceptors (Lipinski definition) is 5. The number of methoxy groups -OCH3 is 1. The van der Waals surface area contributed by atoms with Crippen LogP contribution in [0.4, 0.5) is 10.5 Å². The molecule has 7 heteroatoms. The summed E-state index contributed by atoms with van der Waals surface area (Å²) in [7, 11) is 1.56. The lowest BCUT2D eigenvalue weighted by atomic mass is 9.98. The Morgan fingerprint density at radius 3 is 2.91 bits per heavy atom. The minimum atomic E-state index is -0.168. The van der Waals surface area contributed by atoms with Crippen LogP contribution in [0.25, 0.3) is 0 Å². The second-order valence-corrected chi connectivity index (χ2v) is 5.48. The number of rotatable bonds is 3. The van der Waals surface area contributed by atoms with Crippen molar-refractivity contribution in [1.82, 2.24) is 9.88 Å². The maximum absolute atomic E-state index is 12.4. The van der Waals surface area contributed by atoms with Crippen molar-refractivity contribution in [3.8, 4) is 5.88 Å². The van der Waals surface area contributed by atoms with Gasteiger partial charge in [0, 0.05) is 25.1 Å². The van der Waals surface area contributed by atoms with Crippen molar-refractivity contribution in [2.75, 3.05) is 38.7 Å². The van der Waals surface area contributed by atoms with E-state index >= 15 is 0 Å². The molecular weight excluding hydrogens is 286 g/mol. The van der Waals surface area contributed by atoms with E-state index in [0.29, 0.717) is 31.3 Å². The Morgan fingerprint density at radius 2 is 2.23 bits per heavy atom. The van der Waals surface area contributed by atoms with Crippen LogP contribution in [-0.2, 0) is 9.47 Å². The summed E-state index contributed by atoms with van der Waals surface area (Å²) >= 11 is 0. The fraction of sp³-hybridized carbons (Fsp3) is 0.600. The largest absolute Gasteiger partial charge is 0.481 e. The van der Waals surface area contributed by atoms with Gasteiger partial charge in [0.2, 0.25) is 5.88 Å². The van der Waals surface area contributed by atoms with Crippen LogP contribution in [-0.4, -0.2) is 55.6 Å². The van der Waals surface area contributed by atoms with E-state index in [2.05, 4.69) is 10.3 Å². The van der Waals surface area contributed by atoms with Gasteiger partial charge < -0.3 is 24.4 Å². The number of pyridine rings is 1. The van der Waals surface area contributed by atoms with Crippen LogP contribution in [0, 0.1) is 5.92 Å². The third-order valence-electron chi connectivity index (χ3n) is 3.97. The van der Waals surface area contributed by atoms with Gasteiger partial charge in [-0.25, -0.2) is 9.78 Å². The molecule has 120 valence electrons. The van der Waals surface area contributed by atoms with Crippen molar-refractivity contribution in [1.29, 1.82) is 0 Å². The Bertz CT molecular complexity index is 502. The molecule has 0 saturated carbocycles. The number of likely N-dealkylation sites (tertiary alicyclic amines) is 1. The number of nitrogens with zero attached hydrogens (tertiary/aromatic N) is 2. The van der Waals surface area contributed by atoms with Crippen LogP contribution in [0.1, 0.15) is 12.8 Å². The first kappa shape index (κ1) is 15.1. The van der Waals surface area contributed by atoms with Crippen molar-refractivity contribution in [3.05, 3.63) is 18.3 Å². The summed E-state index contributed by atoms with van der Waals surface area (Å²) in [5.41, 5.74) is 0.654. The van der Waals surface area contributed by atoms with Crippen molar-refractivity contribution in [2.45, 2.75) is 19.1 Å². The molecule has 1 aromatic rings. The quantitative estimate of drug-likeness (QED) is 0.920. The third kappa shape index (κ3) is 3.48. The molecule has 7 nitrogen and oxygen atoms in total. The van der Waals surface area contributed by atoms with Gasteiger partial charge in [-0.3, -0.25) is 0 Å². The number of hydrogen-bond donors (Lipinski definition) is 1. The normalized spacial score (nSPS) is 22.6. The molecule has 2 saturated heterocycles. The Kier molecular flexibility index (Phi) is 4.74. The van der Waals surface area contributed by atoms with E-state index in [0.717, 1.165) is 19.4 Å². The lowest BCUT2D eigenvalue weighted by Crippen LogP contribution is -2.45. The summed E-state index contributed by atoms with van der Waals surface area (Å²) in [6, 6.07) is 3.37. The van der Waals surface area contributed by atoms with Gasteiger partial charge in [-0.2, -0.15) is 0 Å². The predicted octanol–water partition coefficient (Wildman–Crippen LogP) is 1.71. The number of nitrogens with one attached hydrogen (secondary N) is 1. The zero-order chi connectivity index (χ0) is 15.4. The molecule has 0 bridgehead atoms. The number of urea groups is 1. The highest BCUT2D eigenvalue weighted by molar-refractivity contribution is 5.89. The average Bonchev–Trinajstić information content (AvgIpc) is 3.10. The number of aromatic nitrogens is 1. The molecule has 0 spiro atoms. The van der Waals surface area contributed by atoms with Gasteiger partial charge in [0.05, 0.1) is 32.2 Å². The Balaban J connectivity index is 1.56. The van der Waals surface area contributed by atoms with Crippen molar-refractivity contribution in [2.24, 2.45) is 5.92 Å². The van der Waals surface area contributed by atoms with E-state index in [1.54, 1.807) is 25.4 Å². The molecule has 1 unspecified atom stereocenters. The van der Waals surface area contributed by atoms with E-state index in [4.69, 9.17) is 14.2 Å². The van der Waals surface area contributed by atoms with Crippen molar-refractivity contribution < 1.29 is 19.0 Å². The molecule has 2 aliphatic heterocycles. The molecule has 3 rings (SSSR count). The summed E-state index contributed by atoms with van der Waals surface area (Å²) < 4.78 is 16.1. The Morgan fingerprint density at radius 1 is 1.41 bits per heavy atom. The SMILES string of the molecule is COc1ccc(NC(=O)N2CCCC(C3OCCO3)C2)cn1. The number of ether oxygens (including phenoxy) is 3. The molecule has 0 radical (unpaired) electrons. The fourth-order valence-electron chi connectivity index (χ4n) is 2.84. The van der Waals surface area contributed by atoms with Crippen molar-refractivity contribution in [3.63, 3.8) is 0 Å². The minimum absolute atomic E-state index is 0.116. The first-order chi connectivity index (χ1) is 10.8. The van der Waals surface area contributed by atoms with Gasteiger partial charge in [0.15, 0.2) is 6.29 Å². The zero-order valence-electron chi connectivity index (χ0n) is 12.7. The molecule has 1 atom stereocenters. The molecule has 1 N–H and O–H groups in total. The fourth-order valence-corrected chi connectivity index (χ4v) is 2.84. The smallest absolute Gasteiger partial charge is 0.321 e. The molecular formula is C15H21N3O4. The highest BCUT2D eigenvalue weighted by atomic mass is 16.7. The van der Waals surface area contributed by atoms with E-state index in [9.17, 15) is 4.79 Å². The van der Waals surface area contributed by atoms with Crippen LogP contribution >= 0.6 is 0 Å². The Labute approximate surface area is 129 Å². The van der Waals surface area contributed by atoms with Gasteiger partial charge >= 0.3 is 6.03 Å². The number of anilines is 1. The lowest BCUT2D eigenvalue weighted by molar-refractivity contribution is -0.0959. The molecule has 3 heterocycles. The first-order valence-corrected chi connectivity index (χ1v) is 7.55. The topological polar surface area (TPSA) is 72.9 Å². The van der Waals surface area contributed by atoms with E-state index < -0.39 is 0 Å². The summed E-state index contributed by atoms with van der Waals surface area (Å²) in [5.74, 6) is 0.766. The molecule has 0 aliphatic carbocycles. The molecule has 2 aliphatic rings.